The van der Waals surface area contributed by atoms with E-state index in [0.29, 0.717) is 6.42 Å². The van der Waals surface area contributed by atoms with Crippen LogP contribution in [-0.2, 0) is 9.59 Å². The fourth-order valence-electron chi connectivity index (χ4n) is 1.85. The summed E-state index contributed by atoms with van der Waals surface area (Å²) in [6, 6.07) is 0. The third-order valence-electron chi connectivity index (χ3n) is 2.93. The third-order valence-corrected chi connectivity index (χ3v) is 2.93. The zero-order valence-corrected chi connectivity index (χ0v) is 8.61. The summed E-state index contributed by atoms with van der Waals surface area (Å²) in [5.41, 5.74) is -1.61. The number of hydrogen-bond donors (Lipinski definition) is 2. The molecule has 0 aromatic heterocycles. The molecule has 0 saturated heterocycles. The van der Waals surface area contributed by atoms with Crippen LogP contribution in [0.1, 0.15) is 38.5 Å². The number of carboxylic acids is 2. The lowest BCUT2D eigenvalue weighted by Crippen LogP contribution is -2.38. The minimum absolute atomic E-state index is 0.0949. The van der Waals surface area contributed by atoms with Crippen molar-refractivity contribution < 1.29 is 19.8 Å². The highest BCUT2D eigenvalue weighted by Crippen LogP contribution is 2.32. The van der Waals surface area contributed by atoms with Gasteiger partial charge in [-0.1, -0.05) is 25.0 Å². The Morgan fingerprint density at radius 2 is 1.67 bits per heavy atom. The van der Waals surface area contributed by atoms with Crippen LogP contribution in [0.5, 0.6) is 0 Å². The Kier molecular flexibility index (Phi) is 3.88. The predicted octanol–water partition coefficient (Wildman–Crippen LogP) is 2.05. The second-order valence-corrected chi connectivity index (χ2v) is 3.97. The summed E-state index contributed by atoms with van der Waals surface area (Å²) in [4.78, 5) is 22.2. The monoisotopic (exact) mass is 212 g/mol. The summed E-state index contributed by atoms with van der Waals surface area (Å²) in [7, 11) is 0. The average molecular weight is 212 g/mol. The maximum atomic E-state index is 11.1. The molecule has 2 N–H and O–H groups in total. The molecule has 4 heteroatoms. The Labute approximate surface area is 88.6 Å². The van der Waals surface area contributed by atoms with Gasteiger partial charge in [-0.3, -0.25) is 9.59 Å². The lowest BCUT2D eigenvalue weighted by molar-refractivity contribution is -0.165. The van der Waals surface area contributed by atoms with Gasteiger partial charge < -0.3 is 10.2 Å². The first-order valence-electron chi connectivity index (χ1n) is 5.21. The molecule has 0 unspecified atom stereocenters. The summed E-state index contributed by atoms with van der Waals surface area (Å²) >= 11 is 0. The Morgan fingerprint density at radius 1 is 1.00 bits per heavy atom. The van der Waals surface area contributed by atoms with Crippen molar-refractivity contribution in [2.45, 2.75) is 38.5 Å². The maximum absolute atomic E-state index is 11.1. The van der Waals surface area contributed by atoms with E-state index in [1.807, 2.05) is 6.08 Å². The summed E-state index contributed by atoms with van der Waals surface area (Å²) in [5, 5.41) is 18.1. The fraction of sp³-hybridized carbons (Fsp3) is 0.636. The van der Waals surface area contributed by atoms with Gasteiger partial charge >= 0.3 is 11.9 Å². The van der Waals surface area contributed by atoms with E-state index in [1.165, 1.54) is 0 Å². The first-order valence-corrected chi connectivity index (χ1v) is 5.21. The van der Waals surface area contributed by atoms with Crippen molar-refractivity contribution in [2.24, 2.45) is 5.41 Å². The standard InChI is InChI=1S/C11H16O4/c12-9(13)11(10(14)15)7-5-3-1-2-4-6-8-11/h3,5H,1-2,4,6-8H2,(H,12,13)(H,14,15). The van der Waals surface area contributed by atoms with Gasteiger partial charge in [-0.2, -0.15) is 0 Å². The number of carbonyl (C=O) groups is 2. The molecule has 84 valence electrons. The molecule has 0 radical (unpaired) electrons. The summed E-state index contributed by atoms with van der Waals surface area (Å²) < 4.78 is 0. The van der Waals surface area contributed by atoms with Crippen LogP contribution in [0.25, 0.3) is 0 Å². The van der Waals surface area contributed by atoms with Crippen molar-refractivity contribution >= 4 is 11.9 Å². The van der Waals surface area contributed by atoms with Crippen LogP contribution in [0.2, 0.25) is 0 Å². The smallest absolute Gasteiger partial charge is 0.321 e. The van der Waals surface area contributed by atoms with Crippen molar-refractivity contribution in [1.82, 2.24) is 0 Å². The molecule has 0 spiro atoms. The summed E-state index contributed by atoms with van der Waals surface area (Å²) in [5.74, 6) is -2.44. The lowest BCUT2D eigenvalue weighted by atomic mass is 9.80. The van der Waals surface area contributed by atoms with E-state index in [4.69, 9.17) is 10.2 Å². The van der Waals surface area contributed by atoms with Crippen molar-refractivity contribution in [2.75, 3.05) is 0 Å². The molecule has 1 rings (SSSR count). The van der Waals surface area contributed by atoms with Crippen molar-refractivity contribution in [3.05, 3.63) is 12.2 Å². The first kappa shape index (κ1) is 11.8. The average Bonchev–Trinajstić information content (AvgIpc) is 2.28. The van der Waals surface area contributed by atoms with Gasteiger partial charge in [0.25, 0.3) is 0 Å². The Balaban J connectivity index is 2.91. The molecule has 0 saturated carbocycles. The maximum Gasteiger partial charge on any atom is 0.321 e. The van der Waals surface area contributed by atoms with Gasteiger partial charge in [-0.15, -0.1) is 0 Å². The van der Waals surface area contributed by atoms with Crippen molar-refractivity contribution in [3.63, 3.8) is 0 Å². The molecule has 15 heavy (non-hydrogen) atoms. The molecule has 0 aromatic rings. The topological polar surface area (TPSA) is 74.6 Å². The number of rotatable bonds is 2. The predicted molar refractivity (Wildman–Crippen MR) is 54.5 cm³/mol. The van der Waals surface area contributed by atoms with E-state index >= 15 is 0 Å². The fourth-order valence-corrected chi connectivity index (χ4v) is 1.85. The second kappa shape index (κ2) is 4.96. The zero-order chi connectivity index (χ0) is 11.3. The van der Waals surface area contributed by atoms with E-state index < -0.39 is 17.4 Å². The van der Waals surface area contributed by atoms with Crippen LogP contribution in [0.3, 0.4) is 0 Å². The molecular weight excluding hydrogens is 196 g/mol. The highest BCUT2D eigenvalue weighted by molar-refractivity contribution is 5.98. The summed E-state index contributed by atoms with van der Waals surface area (Å²) in [6.07, 6.45) is 7.37. The SMILES string of the molecule is O=C(O)C1(C(=O)O)CC=CCCCCC1. The van der Waals surface area contributed by atoms with Gasteiger partial charge in [0.1, 0.15) is 0 Å². The molecule has 1 aliphatic carbocycles. The largest absolute Gasteiger partial charge is 0.480 e. The Hall–Kier alpha value is -1.32. The molecular formula is C11H16O4. The molecule has 0 heterocycles. The molecule has 0 bridgehead atoms. The van der Waals surface area contributed by atoms with E-state index in [0.717, 1.165) is 19.3 Å². The van der Waals surface area contributed by atoms with Crippen molar-refractivity contribution in [3.8, 4) is 0 Å². The van der Waals surface area contributed by atoms with Crippen LogP contribution >= 0.6 is 0 Å². The van der Waals surface area contributed by atoms with E-state index in [-0.39, 0.29) is 12.8 Å². The van der Waals surface area contributed by atoms with Crippen LogP contribution < -0.4 is 0 Å². The van der Waals surface area contributed by atoms with Gasteiger partial charge in [0.05, 0.1) is 0 Å². The van der Waals surface area contributed by atoms with Gasteiger partial charge in [-0.05, 0) is 25.7 Å². The van der Waals surface area contributed by atoms with Crippen LogP contribution in [0.15, 0.2) is 12.2 Å². The molecule has 0 aromatic carbocycles. The minimum Gasteiger partial charge on any atom is -0.480 e. The molecule has 1 aliphatic rings. The van der Waals surface area contributed by atoms with Crippen LogP contribution in [-0.4, -0.2) is 22.2 Å². The van der Waals surface area contributed by atoms with Gasteiger partial charge in [0.15, 0.2) is 5.41 Å². The van der Waals surface area contributed by atoms with Gasteiger partial charge in [-0.25, -0.2) is 0 Å². The van der Waals surface area contributed by atoms with Crippen LogP contribution in [0.4, 0.5) is 0 Å². The molecule has 0 aliphatic heterocycles. The zero-order valence-electron chi connectivity index (χ0n) is 8.61. The van der Waals surface area contributed by atoms with E-state index in [2.05, 4.69) is 0 Å². The lowest BCUT2D eigenvalue weighted by Gasteiger charge is -2.22. The Bertz CT molecular complexity index is 266. The molecule has 0 atom stereocenters. The van der Waals surface area contributed by atoms with E-state index in [9.17, 15) is 9.59 Å². The second-order valence-electron chi connectivity index (χ2n) is 3.97. The van der Waals surface area contributed by atoms with Crippen molar-refractivity contribution in [1.29, 1.82) is 0 Å². The highest BCUT2D eigenvalue weighted by Gasteiger charge is 2.44. The number of aliphatic carboxylic acids is 2. The highest BCUT2D eigenvalue weighted by atomic mass is 16.4. The van der Waals surface area contributed by atoms with Crippen LogP contribution in [0, 0.1) is 5.41 Å². The molecule has 4 nitrogen and oxygen atoms in total. The minimum atomic E-state index is -1.61. The number of hydrogen-bond acceptors (Lipinski definition) is 2. The Morgan fingerprint density at radius 3 is 2.27 bits per heavy atom. The number of carboxylic acid groups (broad SMARTS) is 2. The van der Waals surface area contributed by atoms with E-state index in [1.54, 1.807) is 6.08 Å². The number of allylic oxidation sites excluding steroid dienone is 2. The van der Waals surface area contributed by atoms with Gasteiger partial charge in [0.2, 0.25) is 0 Å². The van der Waals surface area contributed by atoms with Gasteiger partial charge in [0, 0.05) is 0 Å². The third kappa shape index (κ3) is 2.58. The quantitative estimate of drug-likeness (QED) is 0.542. The molecule has 0 fully saturated rings. The first-order chi connectivity index (χ1) is 7.09. The summed E-state index contributed by atoms with van der Waals surface area (Å²) in [6.45, 7) is 0. The molecule has 0 amide bonds. The normalized spacial score (nSPS) is 21.1.